The maximum Gasteiger partial charge on any atom is 0.140 e. The largest absolute Gasteiger partial charge is 0.316 e. The van der Waals surface area contributed by atoms with E-state index in [1.165, 1.54) is 29.7 Å². The van der Waals surface area contributed by atoms with E-state index < -0.39 is 11.6 Å². The molecule has 0 saturated carbocycles. The smallest absolute Gasteiger partial charge is 0.140 e. The molecular weight excluding hydrogens is 288 g/mol. The molecule has 1 nitrogen and oxygen atoms in total. The first-order chi connectivity index (χ1) is 10.2. The molecule has 2 aromatic carbocycles. The van der Waals surface area contributed by atoms with Crippen LogP contribution in [0, 0.1) is 11.6 Å². The van der Waals surface area contributed by atoms with Crippen LogP contribution in [0.1, 0.15) is 23.1 Å². The Hall–Kier alpha value is -1.39. The van der Waals surface area contributed by atoms with Crippen molar-refractivity contribution in [3.05, 3.63) is 58.7 Å². The van der Waals surface area contributed by atoms with Crippen LogP contribution in [0.2, 0.25) is 0 Å². The Bertz CT molecular complexity index is 647. The second kappa shape index (κ2) is 6.16. The number of rotatable bonds is 4. The minimum absolute atomic E-state index is 0.0767. The average molecular weight is 305 g/mol. The van der Waals surface area contributed by atoms with Gasteiger partial charge in [-0.05, 0) is 67.3 Å². The number of hydrogen-bond donors (Lipinski definition) is 1. The fourth-order valence-electron chi connectivity index (χ4n) is 2.75. The third kappa shape index (κ3) is 3.11. The monoisotopic (exact) mass is 305 g/mol. The predicted molar refractivity (Wildman–Crippen MR) is 81.7 cm³/mol. The minimum atomic E-state index is -0.495. The summed E-state index contributed by atoms with van der Waals surface area (Å²) in [5, 5.41) is 2.90. The number of fused-ring (bicyclic) bond motifs is 1. The molecule has 0 aliphatic heterocycles. The van der Waals surface area contributed by atoms with Crippen molar-refractivity contribution in [3.8, 4) is 0 Å². The summed E-state index contributed by atoms with van der Waals surface area (Å²) in [6.45, 7) is 0.456. The number of halogens is 2. The number of hydrogen-bond acceptors (Lipinski definition) is 2. The van der Waals surface area contributed by atoms with Gasteiger partial charge in [0.15, 0.2) is 0 Å². The van der Waals surface area contributed by atoms with Crippen molar-refractivity contribution in [1.82, 2.24) is 5.32 Å². The molecule has 1 aliphatic carbocycles. The van der Waals surface area contributed by atoms with Crippen LogP contribution >= 0.6 is 11.8 Å². The van der Waals surface area contributed by atoms with E-state index >= 15 is 0 Å². The first kappa shape index (κ1) is 14.5. The van der Waals surface area contributed by atoms with E-state index in [-0.39, 0.29) is 4.90 Å². The molecule has 0 radical (unpaired) electrons. The molecule has 0 atom stereocenters. The Labute approximate surface area is 127 Å². The Morgan fingerprint density at radius 1 is 1.05 bits per heavy atom. The van der Waals surface area contributed by atoms with E-state index in [0.717, 1.165) is 29.5 Å². The van der Waals surface area contributed by atoms with Crippen molar-refractivity contribution in [3.63, 3.8) is 0 Å². The number of aryl methyl sites for hydroxylation is 2. The van der Waals surface area contributed by atoms with Crippen LogP contribution in [0.5, 0.6) is 0 Å². The standard InChI is InChI=1S/C17H17F2NS/c1-20-10-11-7-15(18)17(16(19)8-11)21-14-6-5-12-3-2-4-13(12)9-14/h5-9,20H,2-4,10H2,1H3. The van der Waals surface area contributed by atoms with Crippen LogP contribution < -0.4 is 5.32 Å². The lowest BCUT2D eigenvalue weighted by atomic mass is 10.1. The molecular formula is C17H17F2NS. The van der Waals surface area contributed by atoms with Crippen molar-refractivity contribution in [2.45, 2.75) is 35.6 Å². The summed E-state index contributed by atoms with van der Waals surface area (Å²) in [6.07, 6.45) is 3.35. The van der Waals surface area contributed by atoms with Gasteiger partial charge in [-0.15, -0.1) is 0 Å². The van der Waals surface area contributed by atoms with Crippen molar-refractivity contribution in [2.75, 3.05) is 7.05 Å². The van der Waals surface area contributed by atoms with Gasteiger partial charge in [0.05, 0.1) is 4.90 Å². The van der Waals surface area contributed by atoms with Crippen LogP contribution in [0.4, 0.5) is 8.78 Å². The first-order valence-electron chi connectivity index (χ1n) is 7.09. The highest BCUT2D eigenvalue weighted by Gasteiger charge is 2.15. The van der Waals surface area contributed by atoms with Gasteiger partial charge in [0.2, 0.25) is 0 Å². The highest BCUT2D eigenvalue weighted by atomic mass is 32.2. The quantitative estimate of drug-likeness (QED) is 0.902. The van der Waals surface area contributed by atoms with Gasteiger partial charge in [0.25, 0.3) is 0 Å². The molecule has 3 rings (SSSR count). The molecule has 2 aromatic rings. The van der Waals surface area contributed by atoms with Crippen LogP contribution in [-0.4, -0.2) is 7.05 Å². The molecule has 0 heterocycles. The van der Waals surface area contributed by atoms with Crippen LogP contribution in [-0.2, 0) is 19.4 Å². The zero-order chi connectivity index (χ0) is 14.8. The molecule has 110 valence electrons. The molecule has 0 fully saturated rings. The van der Waals surface area contributed by atoms with E-state index in [0.29, 0.717) is 12.1 Å². The summed E-state index contributed by atoms with van der Waals surface area (Å²) in [5.74, 6) is -0.989. The Morgan fingerprint density at radius 3 is 2.48 bits per heavy atom. The summed E-state index contributed by atoms with van der Waals surface area (Å²) in [7, 11) is 1.75. The number of benzene rings is 2. The lowest BCUT2D eigenvalue weighted by Crippen LogP contribution is -2.06. The Kier molecular flexibility index (Phi) is 4.27. The second-order valence-electron chi connectivity index (χ2n) is 5.31. The predicted octanol–water partition coefficient (Wildman–Crippen LogP) is 4.32. The minimum Gasteiger partial charge on any atom is -0.316 e. The van der Waals surface area contributed by atoms with Gasteiger partial charge >= 0.3 is 0 Å². The fraction of sp³-hybridized carbons (Fsp3) is 0.294. The molecule has 0 saturated heterocycles. The summed E-state index contributed by atoms with van der Waals surface area (Å²) in [5.41, 5.74) is 3.29. The molecule has 4 heteroatoms. The molecule has 0 amide bonds. The van der Waals surface area contributed by atoms with Crippen molar-refractivity contribution < 1.29 is 8.78 Å². The molecule has 0 bridgehead atoms. The third-order valence-corrected chi connectivity index (χ3v) is 4.81. The van der Waals surface area contributed by atoms with Crippen molar-refractivity contribution in [1.29, 1.82) is 0 Å². The molecule has 0 aromatic heterocycles. The summed E-state index contributed by atoms with van der Waals surface area (Å²) in [4.78, 5) is 0.975. The maximum atomic E-state index is 14.1. The van der Waals surface area contributed by atoms with Gasteiger partial charge in [-0.3, -0.25) is 0 Å². The highest BCUT2D eigenvalue weighted by Crippen LogP contribution is 2.35. The molecule has 1 N–H and O–H groups in total. The van der Waals surface area contributed by atoms with Gasteiger partial charge in [0, 0.05) is 11.4 Å². The molecule has 0 unspecified atom stereocenters. The average Bonchev–Trinajstić information content (AvgIpc) is 2.91. The van der Waals surface area contributed by atoms with E-state index in [1.54, 1.807) is 7.05 Å². The lowest BCUT2D eigenvalue weighted by molar-refractivity contribution is 0.536. The van der Waals surface area contributed by atoms with Gasteiger partial charge in [-0.25, -0.2) is 8.78 Å². The topological polar surface area (TPSA) is 12.0 Å². The van der Waals surface area contributed by atoms with Gasteiger partial charge in [-0.1, -0.05) is 17.8 Å². The molecule has 21 heavy (non-hydrogen) atoms. The normalized spacial score (nSPS) is 13.5. The fourth-order valence-corrected chi connectivity index (χ4v) is 3.63. The van der Waals surface area contributed by atoms with Crippen molar-refractivity contribution in [2.24, 2.45) is 0 Å². The zero-order valence-electron chi connectivity index (χ0n) is 11.9. The van der Waals surface area contributed by atoms with E-state index in [9.17, 15) is 8.78 Å². The van der Waals surface area contributed by atoms with Crippen LogP contribution in [0.15, 0.2) is 40.1 Å². The summed E-state index contributed by atoms with van der Waals surface area (Å²) < 4.78 is 28.2. The molecule has 1 aliphatic rings. The first-order valence-corrected chi connectivity index (χ1v) is 7.91. The lowest BCUT2D eigenvalue weighted by Gasteiger charge is -2.09. The Balaban J connectivity index is 1.87. The van der Waals surface area contributed by atoms with E-state index in [2.05, 4.69) is 17.4 Å². The Morgan fingerprint density at radius 2 is 1.76 bits per heavy atom. The number of nitrogens with one attached hydrogen (secondary N) is 1. The maximum absolute atomic E-state index is 14.1. The van der Waals surface area contributed by atoms with Crippen LogP contribution in [0.25, 0.3) is 0 Å². The third-order valence-electron chi connectivity index (χ3n) is 3.73. The summed E-state index contributed by atoms with van der Waals surface area (Å²) >= 11 is 1.16. The molecule has 0 spiro atoms. The summed E-state index contributed by atoms with van der Waals surface area (Å²) in [6, 6.07) is 8.89. The van der Waals surface area contributed by atoms with Gasteiger partial charge in [-0.2, -0.15) is 0 Å². The zero-order valence-corrected chi connectivity index (χ0v) is 12.7. The van der Waals surface area contributed by atoms with E-state index in [1.807, 2.05) is 6.07 Å². The second-order valence-corrected chi connectivity index (χ2v) is 6.39. The van der Waals surface area contributed by atoms with Crippen LogP contribution in [0.3, 0.4) is 0 Å². The van der Waals surface area contributed by atoms with Gasteiger partial charge in [0.1, 0.15) is 11.6 Å². The SMILES string of the molecule is CNCc1cc(F)c(Sc2ccc3c(c2)CCC3)c(F)c1. The van der Waals surface area contributed by atoms with Crippen molar-refractivity contribution >= 4 is 11.8 Å². The van der Waals surface area contributed by atoms with Gasteiger partial charge < -0.3 is 5.32 Å². The van der Waals surface area contributed by atoms with E-state index in [4.69, 9.17) is 0 Å². The highest BCUT2D eigenvalue weighted by molar-refractivity contribution is 7.99.